The van der Waals surface area contributed by atoms with E-state index in [1.165, 1.54) is 25.7 Å². The highest BCUT2D eigenvalue weighted by molar-refractivity contribution is 7.89. The van der Waals surface area contributed by atoms with Gasteiger partial charge in [0.2, 0.25) is 15.9 Å². The Bertz CT molecular complexity index is 835. The smallest absolute Gasteiger partial charge is 0.244 e. The van der Waals surface area contributed by atoms with E-state index in [4.69, 9.17) is 4.74 Å². The second-order valence-electron chi connectivity index (χ2n) is 8.35. The van der Waals surface area contributed by atoms with Gasteiger partial charge in [-0.3, -0.25) is 4.79 Å². The average molecular weight is 407 g/mol. The molecular formula is C21H30N2O4S. The number of ether oxygens (including phenoxy) is 1. The van der Waals surface area contributed by atoms with Crippen LogP contribution in [0, 0.1) is 5.92 Å². The van der Waals surface area contributed by atoms with Crippen LogP contribution in [0.1, 0.15) is 50.5 Å². The largest absolute Gasteiger partial charge is 0.383 e. The normalized spacial score (nSPS) is 27.0. The van der Waals surface area contributed by atoms with Crippen molar-refractivity contribution < 1.29 is 17.9 Å². The molecule has 2 aliphatic heterocycles. The molecule has 1 atom stereocenters. The molecule has 28 heavy (non-hydrogen) atoms. The Hall–Kier alpha value is -1.44. The van der Waals surface area contributed by atoms with E-state index < -0.39 is 15.6 Å². The van der Waals surface area contributed by atoms with E-state index in [2.05, 4.69) is 0 Å². The Morgan fingerprint density at radius 1 is 1.25 bits per heavy atom. The zero-order chi connectivity index (χ0) is 19.8. The highest BCUT2D eigenvalue weighted by Gasteiger charge is 2.57. The molecule has 1 aromatic carbocycles. The van der Waals surface area contributed by atoms with Gasteiger partial charge in [0.25, 0.3) is 0 Å². The third kappa shape index (κ3) is 3.27. The molecule has 1 amide bonds. The number of likely N-dealkylation sites (tertiary alicyclic amines) is 1. The SMILES string of the molecule is COCCN1C2(CCN(C(=O)CCC3CCCC3)C2)c2ccccc2S1(=O)=O. The van der Waals surface area contributed by atoms with Gasteiger partial charge < -0.3 is 9.64 Å². The summed E-state index contributed by atoms with van der Waals surface area (Å²) < 4.78 is 33.2. The molecule has 3 aliphatic rings. The second-order valence-corrected chi connectivity index (χ2v) is 10.2. The summed E-state index contributed by atoms with van der Waals surface area (Å²) in [6.07, 6.45) is 7.24. The number of carbonyl (C=O) groups excluding carboxylic acids is 1. The molecule has 1 aromatic rings. The van der Waals surface area contributed by atoms with Crippen molar-refractivity contribution >= 4 is 15.9 Å². The fourth-order valence-electron chi connectivity index (χ4n) is 5.28. The number of hydrogen-bond donors (Lipinski definition) is 0. The maximum Gasteiger partial charge on any atom is 0.244 e. The number of carbonyl (C=O) groups is 1. The van der Waals surface area contributed by atoms with Crippen molar-refractivity contribution in [2.45, 2.75) is 55.4 Å². The number of hydrogen-bond acceptors (Lipinski definition) is 4. The third-order valence-corrected chi connectivity index (χ3v) is 8.80. The minimum absolute atomic E-state index is 0.164. The summed E-state index contributed by atoms with van der Waals surface area (Å²) in [6.45, 7) is 1.69. The molecule has 154 valence electrons. The van der Waals surface area contributed by atoms with Crippen LogP contribution in [-0.4, -0.2) is 56.9 Å². The number of nitrogens with zero attached hydrogens (tertiary/aromatic N) is 2. The molecule has 4 rings (SSSR count). The Morgan fingerprint density at radius 2 is 2.00 bits per heavy atom. The third-order valence-electron chi connectivity index (χ3n) is 6.77. The predicted molar refractivity (Wildman–Crippen MR) is 106 cm³/mol. The van der Waals surface area contributed by atoms with Crippen LogP contribution in [0.25, 0.3) is 0 Å². The highest BCUT2D eigenvalue weighted by atomic mass is 32.2. The standard InChI is InChI=1S/C21H30N2O4S/c1-27-15-14-23-21(18-8-4-5-9-19(18)28(23,25)26)12-13-22(16-21)20(24)11-10-17-6-2-3-7-17/h4-5,8-9,17H,2-3,6-7,10-16H2,1H3. The molecule has 0 aromatic heterocycles. The molecule has 1 saturated carbocycles. The first-order valence-electron chi connectivity index (χ1n) is 10.4. The van der Waals surface area contributed by atoms with Gasteiger partial charge >= 0.3 is 0 Å². The van der Waals surface area contributed by atoms with Crippen molar-refractivity contribution in [1.82, 2.24) is 9.21 Å². The van der Waals surface area contributed by atoms with Gasteiger partial charge in [0.1, 0.15) is 0 Å². The van der Waals surface area contributed by atoms with Crippen LogP contribution < -0.4 is 0 Å². The predicted octanol–water partition coefficient (Wildman–Crippen LogP) is 2.74. The van der Waals surface area contributed by atoms with Gasteiger partial charge in [-0.1, -0.05) is 43.9 Å². The molecule has 1 spiro atoms. The summed E-state index contributed by atoms with van der Waals surface area (Å²) in [7, 11) is -1.99. The molecular weight excluding hydrogens is 376 g/mol. The monoisotopic (exact) mass is 406 g/mol. The fraction of sp³-hybridized carbons (Fsp3) is 0.667. The number of amides is 1. The summed E-state index contributed by atoms with van der Waals surface area (Å²) in [5, 5.41) is 0. The number of rotatable bonds is 6. The molecule has 1 saturated heterocycles. The van der Waals surface area contributed by atoms with E-state index in [-0.39, 0.29) is 5.91 Å². The quantitative estimate of drug-likeness (QED) is 0.729. The first-order valence-corrected chi connectivity index (χ1v) is 11.8. The Morgan fingerprint density at radius 3 is 2.75 bits per heavy atom. The fourth-order valence-corrected chi connectivity index (χ4v) is 7.33. The van der Waals surface area contributed by atoms with Crippen molar-refractivity contribution in [1.29, 1.82) is 0 Å². The topological polar surface area (TPSA) is 66.9 Å². The first kappa shape index (κ1) is 19.9. The minimum Gasteiger partial charge on any atom is -0.383 e. The van der Waals surface area contributed by atoms with Gasteiger partial charge in [-0.15, -0.1) is 0 Å². The van der Waals surface area contributed by atoms with Crippen molar-refractivity contribution in [2.24, 2.45) is 5.92 Å². The van der Waals surface area contributed by atoms with E-state index in [9.17, 15) is 13.2 Å². The van der Waals surface area contributed by atoms with E-state index in [0.717, 1.165) is 12.0 Å². The molecule has 6 nitrogen and oxygen atoms in total. The van der Waals surface area contributed by atoms with Crippen molar-refractivity contribution in [2.75, 3.05) is 33.4 Å². The van der Waals surface area contributed by atoms with Crippen LogP contribution in [0.4, 0.5) is 0 Å². The first-order chi connectivity index (χ1) is 13.5. The molecule has 1 aliphatic carbocycles. The number of sulfonamides is 1. The van der Waals surface area contributed by atoms with Crippen LogP contribution in [0.2, 0.25) is 0 Å². The molecule has 7 heteroatoms. The molecule has 1 unspecified atom stereocenters. The zero-order valence-electron chi connectivity index (χ0n) is 16.6. The summed E-state index contributed by atoms with van der Waals surface area (Å²) in [5.41, 5.74) is 0.175. The average Bonchev–Trinajstić information content (AvgIpc) is 3.40. The second kappa shape index (κ2) is 7.76. The molecule has 2 fully saturated rings. The van der Waals surface area contributed by atoms with Crippen LogP contribution in [0.15, 0.2) is 29.2 Å². The van der Waals surface area contributed by atoms with Gasteiger partial charge in [0, 0.05) is 33.2 Å². The van der Waals surface area contributed by atoms with E-state index in [1.54, 1.807) is 23.5 Å². The lowest BCUT2D eigenvalue weighted by molar-refractivity contribution is -0.130. The summed E-state index contributed by atoms with van der Waals surface area (Å²) in [4.78, 5) is 15.1. The lowest BCUT2D eigenvalue weighted by Crippen LogP contribution is -2.47. The summed E-state index contributed by atoms with van der Waals surface area (Å²) in [5.74, 6) is 0.851. The maximum absolute atomic E-state index is 13.2. The van der Waals surface area contributed by atoms with Crippen LogP contribution >= 0.6 is 0 Å². The lowest BCUT2D eigenvalue weighted by atomic mass is 9.89. The molecule has 2 heterocycles. The lowest BCUT2D eigenvalue weighted by Gasteiger charge is -2.34. The van der Waals surface area contributed by atoms with E-state index in [1.807, 2.05) is 17.0 Å². The van der Waals surface area contributed by atoms with Crippen LogP contribution in [-0.2, 0) is 25.1 Å². The zero-order valence-corrected chi connectivity index (χ0v) is 17.4. The van der Waals surface area contributed by atoms with Gasteiger partial charge in [0.05, 0.1) is 17.0 Å². The number of methoxy groups -OCH3 is 1. The van der Waals surface area contributed by atoms with Gasteiger partial charge in [-0.2, -0.15) is 4.31 Å². The maximum atomic E-state index is 13.2. The minimum atomic E-state index is -3.57. The van der Waals surface area contributed by atoms with Gasteiger partial charge in [0.15, 0.2) is 0 Å². The number of fused-ring (bicyclic) bond motifs is 2. The summed E-state index contributed by atoms with van der Waals surface area (Å²) in [6, 6.07) is 7.25. The van der Waals surface area contributed by atoms with Gasteiger partial charge in [-0.05, 0) is 30.4 Å². The van der Waals surface area contributed by atoms with Crippen LogP contribution in [0.5, 0.6) is 0 Å². The Labute approximate surface area is 167 Å². The Kier molecular flexibility index (Phi) is 5.51. The molecule has 0 N–H and O–H groups in total. The van der Waals surface area contributed by atoms with Crippen LogP contribution in [0.3, 0.4) is 0 Å². The van der Waals surface area contributed by atoms with E-state index in [0.29, 0.717) is 49.9 Å². The molecule has 0 radical (unpaired) electrons. The Balaban J connectivity index is 1.56. The number of benzene rings is 1. The highest BCUT2D eigenvalue weighted by Crippen LogP contribution is 2.49. The van der Waals surface area contributed by atoms with Gasteiger partial charge in [-0.25, -0.2) is 8.42 Å². The van der Waals surface area contributed by atoms with Crippen molar-refractivity contribution in [3.05, 3.63) is 29.8 Å². The van der Waals surface area contributed by atoms with E-state index >= 15 is 0 Å². The van der Waals surface area contributed by atoms with Crippen molar-refractivity contribution in [3.63, 3.8) is 0 Å². The van der Waals surface area contributed by atoms with Crippen molar-refractivity contribution in [3.8, 4) is 0 Å². The molecule has 0 bridgehead atoms. The summed E-state index contributed by atoms with van der Waals surface area (Å²) >= 11 is 0.